The number of halogens is 1. The van der Waals surface area contributed by atoms with Crippen LogP contribution in [0.2, 0.25) is 20.8 Å². The molecule has 0 heterocycles. The van der Waals surface area contributed by atoms with Crippen molar-refractivity contribution in [3.63, 3.8) is 0 Å². The Labute approximate surface area is 85.6 Å². The molecule has 0 aromatic rings. The van der Waals surface area contributed by atoms with Gasteiger partial charge in [0.05, 0.1) is 0 Å². The molecule has 0 aliphatic heterocycles. The van der Waals surface area contributed by atoms with Crippen LogP contribution in [0.15, 0.2) is 0 Å². The smallest absolute Gasteiger partial charge is 1.00 e. The molecule has 0 nitrogen and oxygen atoms in total. The molecule has 64 valence electrons. The van der Waals surface area contributed by atoms with E-state index in [1.807, 2.05) is 0 Å². The first-order valence-corrected chi connectivity index (χ1v) is 9.40. The maximum absolute atomic E-state index is 2.38. The summed E-state index contributed by atoms with van der Waals surface area (Å²) in [7, 11) is 0. The maximum atomic E-state index is 2.38. The van der Waals surface area contributed by atoms with Crippen LogP contribution in [0, 0.1) is 0 Å². The van der Waals surface area contributed by atoms with Gasteiger partial charge in [-0.25, -0.2) is 0 Å². The van der Waals surface area contributed by atoms with Crippen LogP contribution in [0.5, 0.6) is 0 Å². The quantitative estimate of drug-likeness (QED) is 0.524. The van der Waals surface area contributed by atoms with E-state index in [1.165, 1.54) is 20.8 Å². The molecule has 10 heavy (non-hydrogen) atoms. The fourth-order valence-electron chi connectivity index (χ4n) is 1.34. The summed E-state index contributed by atoms with van der Waals surface area (Å²) in [4.78, 5) is 0. The van der Waals surface area contributed by atoms with Gasteiger partial charge in [0.2, 0.25) is 0 Å². The van der Waals surface area contributed by atoms with Gasteiger partial charge in [-0.15, -0.1) is 0 Å². The predicted molar refractivity (Wildman–Crippen MR) is 47.7 cm³/mol. The van der Waals surface area contributed by atoms with Gasteiger partial charge < -0.3 is 24.0 Å². The van der Waals surface area contributed by atoms with Gasteiger partial charge in [-0.05, 0) is 0 Å². The largest absolute Gasteiger partial charge is 1.00 e. The second kappa shape index (κ2) is 6.97. The van der Waals surface area contributed by atoms with Crippen molar-refractivity contribution >= 4 is 13.6 Å². The molecule has 0 aliphatic rings. The van der Waals surface area contributed by atoms with Gasteiger partial charge in [-0.3, -0.25) is 0 Å². The summed E-state index contributed by atoms with van der Waals surface area (Å²) in [5.74, 6) is 0. The molecule has 0 saturated carbocycles. The first kappa shape index (κ1) is 13.8. The van der Waals surface area contributed by atoms with Crippen molar-refractivity contribution in [3.05, 3.63) is 0 Å². The van der Waals surface area contributed by atoms with Crippen molar-refractivity contribution in [2.75, 3.05) is 0 Å². The minimum absolute atomic E-state index is 0. The van der Waals surface area contributed by atoms with Gasteiger partial charge in [0.1, 0.15) is 0 Å². The maximum Gasteiger partial charge on any atom is -1.00 e. The Morgan fingerprint density at radius 3 is 0.900 bits per heavy atom. The van der Waals surface area contributed by atoms with Crippen LogP contribution in [0.3, 0.4) is 0 Å². The molecule has 0 amide bonds. The average Bonchev–Trinajstić information content (AvgIpc) is 1.95. The third-order valence-electron chi connectivity index (χ3n) is 2.68. The topological polar surface area (TPSA) is 0 Å². The first-order valence-electron chi connectivity index (χ1n) is 4.09. The van der Waals surface area contributed by atoms with Crippen molar-refractivity contribution in [3.8, 4) is 0 Å². The Morgan fingerprint density at radius 2 is 0.900 bits per heavy atom. The number of hydrogen-bond donors (Lipinski definition) is 0. The first-order chi connectivity index (χ1) is 4.24. The summed E-state index contributed by atoms with van der Waals surface area (Å²) in [5, 5.41) is 6.06. The molecule has 0 bridgehead atoms. The minimum Gasteiger partial charge on any atom is -1.00 e. The third-order valence-corrected chi connectivity index (χ3v) is 13.9. The van der Waals surface area contributed by atoms with Crippen LogP contribution in [-0.2, 0) is 0 Å². The van der Waals surface area contributed by atoms with Crippen molar-refractivity contribution < 1.29 is 24.0 Å². The van der Waals surface area contributed by atoms with E-state index in [0.717, 1.165) is 0 Å². The molecular formula is C8H20AsI. The molecule has 0 spiro atoms. The summed E-state index contributed by atoms with van der Waals surface area (Å²) in [5.41, 5.74) is 0. The van der Waals surface area contributed by atoms with E-state index in [4.69, 9.17) is 0 Å². The standard InChI is InChI=1S/C8H20As.HI/c1-5-9(6-2,7-3)8-4;/h5-8H2,1-4H3;1H/q+1;/p-1. The molecular weight excluding hydrogens is 298 g/mol. The predicted octanol–water partition coefficient (Wildman–Crippen LogP) is 0.519. The molecule has 0 aromatic carbocycles. The molecule has 0 radical (unpaired) electrons. The monoisotopic (exact) mass is 318 g/mol. The van der Waals surface area contributed by atoms with E-state index in [0.29, 0.717) is 0 Å². The summed E-state index contributed by atoms with van der Waals surface area (Å²) in [6, 6.07) is 0. The van der Waals surface area contributed by atoms with E-state index >= 15 is 0 Å². The van der Waals surface area contributed by atoms with Crippen molar-refractivity contribution in [2.45, 2.75) is 48.5 Å². The summed E-state index contributed by atoms with van der Waals surface area (Å²) >= 11 is -1.01. The van der Waals surface area contributed by atoms with E-state index in [2.05, 4.69) is 27.7 Å². The Bertz CT molecular complexity index is 52.1. The van der Waals surface area contributed by atoms with E-state index in [-0.39, 0.29) is 24.0 Å². The Kier molecular flexibility index (Phi) is 9.65. The summed E-state index contributed by atoms with van der Waals surface area (Å²) in [6.07, 6.45) is 0. The third kappa shape index (κ3) is 3.61. The molecule has 0 fully saturated rings. The number of hydrogen-bond acceptors (Lipinski definition) is 0. The molecule has 2 heteroatoms. The van der Waals surface area contributed by atoms with Crippen LogP contribution >= 0.6 is 0 Å². The molecule has 0 atom stereocenters. The summed E-state index contributed by atoms with van der Waals surface area (Å²) in [6.45, 7) is 9.51. The van der Waals surface area contributed by atoms with Crippen molar-refractivity contribution in [1.82, 2.24) is 0 Å². The van der Waals surface area contributed by atoms with Gasteiger partial charge in [0.15, 0.2) is 0 Å². The van der Waals surface area contributed by atoms with Gasteiger partial charge in [0, 0.05) is 0 Å². The second-order valence-electron chi connectivity index (χ2n) is 2.61. The molecule has 0 aliphatic carbocycles. The summed E-state index contributed by atoms with van der Waals surface area (Å²) < 4.78 is 0. The molecule has 0 N–H and O–H groups in total. The Hall–Kier alpha value is 1.29. The molecule has 0 unspecified atom stereocenters. The van der Waals surface area contributed by atoms with Crippen molar-refractivity contribution in [2.24, 2.45) is 0 Å². The average molecular weight is 318 g/mol. The van der Waals surface area contributed by atoms with Gasteiger partial charge in [0.25, 0.3) is 0 Å². The molecule has 0 saturated heterocycles. The van der Waals surface area contributed by atoms with Crippen LogP contribution in [0.4, 0.5) is 0 Å². The van der Waals surface area contributed by atoms with Crippen LogP contribution in [0.25, 0.3) is 0 Å². The minimum atomic E-state index is -1.01. The van der Waals surface area contributed by atoms with E-state index < -0.39 is 13.6 Å². The zero-order chi connectivity index (χ0) is 7.33. The van der Waals surface area contributed by atoms with Crippen LogP contribution in [-0.4, -0.2) is 13.6 Å². The second-order valence-corrected chi connectivity index (χ2v) is 13.5. The van der Waals surface area contributed by atoms with Gasteiger partial charge >= 0.3 is 62.1 Å². The van der Waals surface area contributed by atoms with Crippen LogP contribution < -0.4 is 24.0 Å². The normalized spacial score (nSPS) is 10.8. The fraction of sp³-hybridized carbons (Fsp3) is 1.00. The zero-order valence-electron chi connectivity index (χ0n) is 7.65. The Morgan fingerprint density at radius 1 is 0.700 bits per heavy atom. The SMILES string of the molecule is CC[As+](CC)(CC)CC.[I-]. The van der Waals surface area contributed by atoms with Crippen LogP contribution in [0.1, 0.15) is 27.7 Å². The zero-order valence-corrected chi connectivity index (χ0v) is 11.7. The Balaban J connectivity index is 0. The number of rotatable bonds is 4. The van der Waals surface area contributed by atoms with Crippen molar-refractivity contribution in [1.29, 1.82) is 0 Å². The molecule has 0 aromatic heterocycles. The van der Waals surface area contributed by atoms with E-state index in [9.17, 15) is 0 Å². The fourth-order valence-corrected chi connectivity index (χ4v) is 6.97. The van der Waals surface area contributed by atoms with E-state index in [1.54, 1.807) is 0 Å². The van der Waals surface area contributed by atoms with Gasteiger partial charge in [-0.1, -0.05) is 0 Å². The van der Waals surface area contributed by atoms with Gasteiger partial charge in [-0.2, -0.15) is 0 Å². The molecule has 0 rings (SSSR count).